The summed E-state index contributed by atoms with van der Waals surface area (Å²) in [5.74, 6) is -0.118. The smallest absolute Gasteiger partial charge is 0.253 e. The highest BCUT2D eigenvalue weighted by Gasteiger charge is 2.32. The first kappa shape index (κ1) is 14.1. The molecule has 2 atom stereocenters. The van der Waals surface area contributed by atoms with Crippen LogP contribution in [0.1, 0.15) is 38.9 Å². The van der Waals surface area contributed by atoms with Gasteiger partial charge in [-0.05, 0) is 43.5 Å². The molecular formula is C17H17ClN2O. The Morgan fingerprint density at radius 3 is 2.76 bits per heavy atom. The summed E-state index contributed by atoms with van der Waals surface area (Å²) in [5, 5.41) is 2.94. The number of hydrogen-bond acceptors (Lipinski definition) is 2. The molecule has 1 aliphatic rings. The number of aromatic nitrogens is 1. The lowest BCUT2D eigenvalue weighted by Gasteiger charge is -2.18. The van der Waals surface area contributed by atoms with Crippen molar-refractivity contribution in [2.45, 2.75) is 31.7 Å². The van der Waals surface area contributed by atoms with Gasteiger partial charge in [0.25, 0.3) is 5.91 Å². The number of rotatable bonds is 2. The lowest BCUT2D eigenvalue weighted by atomic mass is 10.1. The number of benzene rings is 1. The fourth-order valence-corrected chi connectivity index (χ4v) is 3.22. The highest BCUT2D eigenvalue weighted by Crippen LogP contribution is 2.34. The van der Waals surface area contributed by atoms with E-state index in [1.807, 2.05) is 44.2 Å². The zero-order chi connectivity index (χ0) is 15.0. The molecule has 21 heavy (non-hydrogen) atoms. The van der Waals surface area contributed by atoms with E-state index < -0.39 is 0 Å². The summed E-state index contributed by atoms with van der Waals surface area (Å²) in [6, 6.07) is 11.6. The molecular weight excluding hydrogens is 284 g/mol. The summed E-state index contributed by atoms with van der Waals surface area (Å²) in [6.07, 6.45) is 0.786. The van der Waals surface area contributed by atoms with Gasteiger partial charge in [-0.15, -0.1) is 11.6 Å². The van der Waals surface area contributed by atoms with Crippen LogP contribution in [0.2, 0.25) is 0 Å². The SMILES string of the molecule is Cc1ccc(C(=O)NC2c3ccccc3CC2Cl)c(C)n1. The predicted molar refractivity (Wildman–Crippen MR) is 83.7 cm³/mol. The van der Waals surface area contributed by atoms with Crippen LogP contribution < -0.4 is 5.32 Å². The molecule has 4 heteroatoms. The number of nitrogens with one attached hydrogen (secondary N) is 1. The van der Waals surface area contributed by atoms with Crippen molar-refractivity contribution in [1.29, 1.82) is 0 Å². The van der Waals surface area contributed by atoms with E-state index in [9.17, 15) is 4.79 Å². The van der Waals surface area contributed by atoms with Gasteiger partial charge in [-0.2, -0.15) is 0 Å². The molecule has 0 fully saturated rings. The largest absolute Gasteiger partial charge is 0.344 e. The average molecular weight is 301 g/mol. The number of hydrogen-bond donors (Lipinski definition) is 1. The fraction of sp³-hybridized carbons (Fsp3) is 0.294. The van der Waals surface area contributed by atoms with Crippen LogP contribution in [0, 0.1) is 13.8 Å². The highest BCUT2D eigenvalue weighted by molar-refractivity contribution is 6.21. The van der Waals surface area contributed by atoms with E-state index in [0.717, 1.165) is 23.4 Å². The van der Waals surface area contributed by atoms with Crippen molar-refractivity contribution in [3.63, 3.8) is 0 Å². The molecule has 1 heterocycles. The second kappa shape index (κ2) is 5.49. The monoisotopic (exact) mass is 300 g/mol. The Labute approximate surface area is 129 Å². The minimum Gasteiger partial charge on any atom is -0.344 e. The molecule has 1 aromatic carbocycles. The first-order chi connectivity index (χ1) is 10.1. The van der Waals surface area contributed by atoms with Crippen LogP contribution in [-0.2, 0) is 6.42 Å². The summed E-state index contributed by atoms with van der Waals surface area (Å²) in [5.41, 5.74) is 4.58. The Balaban J connectivity index is 1.85. The van der Waals surface area contributed by atoms with Gasteiger partial charge in [-0.3, -0.25) is 9.78 Å². The number of fused-ring (bicyclic) bond motifs is 1. The van der Waals surface area contributed by atoms with Gasteiger partial charge >= 0.3 is 0 Å². The Hall–Kier alpha value is -1.87. The number of aryl methyl sites for hydroxylation is 2. The van der Waals surface area contributed by atoms with Crippen LogP contribution in [0.3, 0.4) is 0 Å². The second-order valence-electron chi connectivity index (χ2n) is 5.46. The minimum atomic E-state index is -0.143. The Morgan fingerprint density at radius 1 is 1.24 bits per heavy atom. The third-order valence-electron chi connectivity index (χ3n) is 3.92. The van der Waals surface area contributed by atoms with Crippen LogP contribution in [-0.4, -0.2) is 16.3 Å². The maximum Gasteiger partial charge on any atom is 0.253 e. The number of pyridine rings is 1. The van der Waals surface area contributed by atoms with E-state index in [1.165, 1.54) is 5.56 Å². The molecule has 0 aliphatic heterocycles. The summed E-state index contributed by atoms with van der Waals surface area (Å²) >= 11 is 6.41. The van der Waals surface area contributed by atoms with Crippen molar-refractivity contribution in [3.8, 4) is 0 Å². The van der Waals surface area contributed by atoms with Gasteiger partial charge in [0.05, 0.1) is 22.7 Å². The van der Waals surface area contributed by atoms with Gasteiger partial charge < -0.3 is 5.32 Å². The van der Waals surface area contributed by atoms with E-state index in [0.29, 0.717) is 5.56 Å². The first-order valence-electron chi connectivity index (χ1n) is 7.03. The number of halogens is 1. The van der Waals surface area contributed by atoms with E-state index in [4.69, 9.17) is 11.6 Å². The highest BCUT2D eigenvalue weighted by atomic mass is 35.5. The lowest BCUT2D eigenvalue weighted by molar-refractivity contribution is 0.0936. The predicted octanol–water partition coefficient (Wildman–Crippen LogP) is 3.33. The second-order valence-corrected chi connectivity index (χ2v) is 6.02. The molecule has 3 rings (SSSR count). The zero-order valence-electron chi connectivity index (χ0n) is 12.1. The molecule has 1 aliphatic carbocycles. The molecule has 2 aromatic rings. The van der Waals surface area contributed by atoms with Gasteiger partial charge in [-0.25, -0.2) is 0 Å². The van der Waals surface area contributed by atoms with Crippen LogP contribution in [0.5, 0.6) is 0 Å². The van der Waals surface area contributed by atoms with Crippen LogP contribution in [0.25, 0.3) is 0 Å². The van der Waals surface area contributed by atoms with E-state index in [1.54, 1.807) is 0 Å². The van der Waals surface area contributed by atoms with Crippen LogP contribution >= 0.6 is 11.6 Å². The van der Waals surface area contributed by atoms with Crippen molar-refractivity contribution < 1.29 is 4.79 Å². The maximum absolute atomic E-state index is 12.5. The van der Waals surface area contributed by atoms with Gasteiger partial charge in [-0.1, -0.05) is 24.3 Å². The first-order valence-corrected chi connectivity index (χ1v) is 7.47. The van der Waals surface area contributed by atoms with Crippen molar-refractivity contribution in [2.75, 3.05) is 0 Å². The molecule has 2 unspecified atom stereocenters. The third-order valence-corrected chi connectivity index (χ3v) is 4.33. The Morgan fingerprint density at radius 2 is 2.00 bits per heavy atom. The van der Waals surface area contributed by atoms with E-state index >= 15 is 0 Å². The van der Waals surface area contributed by atoms with Crippen LogP contribution in [0.15, 0.2) is 36.4 Å². The number of carbonyl (C=O) groups is 1. The average Bonchev–Trinajstić information content (AvgIpc) is 2.75. The minimum absolute atomic E-state index is 0.106. The summed E-state index contributed by atoms with van der Waals surface area (Å²) in [6.45, 7) is 3.76. The number of alkyl halides is 1. The van der Waals surface area contributed by atoms with E-state index in [-0.39, 0.29) is 17.3 Å². The summed E-state index contributed by atoms with van der Waals surface area (Å²) in [4.78, 5) is 16.8. The molecule has 0 saturated heterocycles. The van der Waals surface area contributed by atoms with E-state index in [2.05, 4.69) is 16.4 Å². The standard InChI is InChI=1S/C17H17ClN2O/c1-10-7-8-13(11(2)19-10)17(21)20-16-14-6-4-3-5-12(14)9-15(16)18/h3-8,15-16H,9H2,1-2H3,(H,20,21). The Kier molecular flexibility index (Phi) is 3.68. The third kappa shape index (κ3) is 2.66. The number of nitrogens with zero attached hydrogens (tertiary/aromatic N) is 1. The molecule has 1 N–H and O–H groups in total. The molecule has 0 saturated carbocycles. The summed E-state index contributed by atoms with van der Waals surface area (Å²) < 4.78 is 0. The quantitative estimate of drug-likeness (QED) is 0.864. The van der Waals surface area contributed by atoms with Gasteiger partial charge in [0.15, 0.2) is 0 Å². The molecule has 1 amide bonds. The maximum atomic E-state index is 12.5. The van der Waals surface area contributed by atoms with Crippen molar-refractivity contribution in [1.82, 2.24) is 10.3 Å². The van der Waals surface area contributed by atoms with Crippen molar-refractivity contribution >= 4 is 17.5 Å². The fourth-order valence-electron chi connectivity index (χ4n) is 2.86. The topological polar surface area (TPSA) is 42.0 Å². The molecule has 1 aromatic heterocycles. The van der Waals surface area contributed by atoms with Crippen molar-refractivity contribution in [2.24, 2.45) is 0 Å². The van der Waals surface area contributed by atoms with Crippen molar-refractivity contribution in [3.05, 3.63) is 64.5 Å². The van der Waals surface area contributed by atoms with Gasteiger partial charge in [0, 0.05) is 5.69 Å². The summed E-state index contributed by atoms with van der Waals surface area (Å²) in [7, 11) is 0. The van der Waals surface area contributed by atoms with Gasteiger partial charge in [0.2, 0.25) is 0 Å². The molecule has 108 valence electrons. The molecule has 3 nitrogen and oxygen atoms in total. The molecule has 0 bridgehead atoms. The lowest BCUT2D eigenvalue weighted by Crippen LogP contribution is -2.32. The zero-order valence-corrected chi connectivity index (χ0v) is 12.8. The number of carbonyl (C=O) groups excluding carboxylic acids is 1. The number of amides is 1. The van der Waals surface area contributed by atoms with Gasteiger partial charge in [0.1, 0.15) is 0 Å². The molecule has 0 radical (unpaired) electrons. The normalized spacial score (nSPS) is 20.1. The Bertz CT molecular complexity index is 699. The molecule has 0 spiro atoms. The van der Waals surface area contributed by atoms with Crippen LogP contribution in [0.4, 0.5) is 0 Å².